The first-order valence-corrected chi connectivity index (χ1v) is 8.00. The first-order chi connectivity index (χ1) is 13.0. The number of halogens is 4. The fraction of sp³-hybridized carbons (Fsp3) is 0.176. The Kier molecular flexibility index (Phi) is 6.24. The van der Waals surface area contributed by atoms with E-state index in [2.05, 4.69) is 5.32 Å². The maximum absolute atomic E-state index is 12.5. The number of non-ortho nitro benzene ring substituents is 1. The lowest BCUT2D eigenvalue weighted by Gasteiger charge is -2.14. The number of hydrogen-bond donors (Lipinski definition) is 1. The molecule has 148 valence electrons. The first-order valence-electron chi connectivity index (χ1n) is 7.62. The van der Waals surface area contributed by atoms with Gasteiger partial charge in [0.2, 0.25) is 0 Å². The number of nitro benzene ring substituents is 1. The molecular weight excluding hydrogens is 405 g/mol. The summed E-state index contributed by atoms with van der Waals surface area (Å²) in [6.07, 6.45) is -5.81. The predicted molar refractivity (Wildman–Crippen MR) is 93.1 cm³/mol. The maximum atomic E-state index is 12.5. The van der Waals surface area contributed by atoms with Crippen LogP contribution in [0.5, 0.6) is 0 Å². The number of ether oxygens (including phenoxy) is 1. The van der Waals surface area contributed by atoms with Crippen LogP contribution in [0.25, 0.3) is 0 Å². The Morgan fingerprint density at radius 2 is 1.79 bits per heavy atom. The number of hydrogen-bond acceptors (Lipinski definition) is 5. The number of benzene rings is 2. The number of nitro groups is 1. The lowest BCUT2D eigenvalue weighted by Crippen LogP contribution is -2.30. The number of carbonyl (C=O) groups is 2. The van der Waals surface area contributed by atoms with Crippen LogP contribution in [-0.2, 0) is 15.7 Å². The minimum atomic E-state index is -4.50. The largest absolute Gasteiger partial charge is 0.449 e. The Hall–Kier alpha value is -3.14. The fourth-order valence-electron chi connectivity index (χ4n) is 2.05. The second-order valence-corrected chi connectivity index (χ2v) is 5.94. The SMILES string of the molecule is CC(OC(=O)c1ccc([N+](=O)[O-])cc1Cl)C(=O)Nc1ccc(C(F)(F)F)cc1. The summed E-state index contributed by atoms with van der Waals surface area (Å²) >= 11 is 5.82. The van der Waals surface area contributed by atoms with Crippen molar-refractivity contribution in [2.75, 3.05) is 5.32 Å². The van der Waals surface area contributed by atoms with Crippen molar-refractivity contribution in [2.24, 2.45) is 0 Å². The summed E-state index contributed by atoms with van der Waals surface area (Å²) < 4.78 is 42.5. The fourth-order valence-corrected chi connectivity index (χ4v) is 2.30. The Labute approximate surface area is 161 Å². The second kappa shape index (κ2) is 8.26. The van der Waals surface area contributed by atoms with Crippen molar-refractivity contribution in [3.05, 3.63) is 68.7 Å². The van der Waals surface area contributed by atoms with Gasteiger partial charge < -0.3 is 10.1 Å². The van der Waals surface area contributed by atoms with Gasteiger partial charge in [-0.3, -0.25) is 14.9 Å². The van der Waals surface area contributed by atoms with E-state index in [-0.39, 0.29) is 22.0 Å². The van der Waals surface area contributed by atoms with Crippen LogP contribution in [0.4, 0.5) is 24.5 Å². The van der Waals surface area contributed by atoms with E-state index in [1.165, 1.54) is 6.92 Å². The monoisotopic (exact) mass is 416 g/mol. The normalized spacial score (nSPS) is 12.2. The Balaban J connectivity index is 2.02. The molecule has 0 bridgehead atoms. The molecule has 0 saturated heterocycles. The summed E-state index contributed by atoms with van der Waals surface area (Å²) in [5, 5.41) is 12.7. The third-order valence-electron chi connectivity index (χ3n) is 3.52. The van der Waals surface area contributed by atoms with Gasteiger partial charge in [-0.2, -0.15) is 13.2 Å². The van der Waals surface area contributed by atoms with Gasteiger partial charge in [0, 0.05) is 17.8 Å². The number of alkyl halides is 3. The minimum Gasteiger partial charge on any atom is -0.449 e. The highest BCUT2D eigenvalue weighted by atomic mass is 35.5. The quantitative estimate of drug-likeness (QED) is 0.441. The predicted octanol–water partition coefficient (Wildman–Crippen LogP) is 4.45. The molecule has 11 heteroatoms. The molecule has 2 aromatic rings. The Morgan fingerprint density at radius 3 is 2.29 bits per heavy atom. The molecule has 1 unspecified atom stereocenters. The van der Waals surface area contributed by atoms with Crippen LogP contribution in [0.1, 0.15) is 22.8 Å². The van der Waals surface area contributed by atoms with Crippen molar-refractivity contribution in [1.82, 2.24) is 0 Å². The molecule has 0 aromatic heterocycles. The van der Waals surface area contributed by atoms with E-state index in [0.717, 1.165) is 42.5 Å². The average Bonchev–Trinajstić information content (AvgIpc) is 2.60. The lowest BCUT2D eigenvalue weighted by molar-refractivity contribution is -0.384. The highest BCUT2D eigenvalue weighted by Gasteiger charge is 2.30. The molecule has 1 atom stereocenters. The summed E-state index contributed by atoms with van der Waals surface area (Å²) in [5.41, 5.74) is -1.30. The summed E-state index contributed by atoms with van der Waals surface area (Å²) in [6, 6.07) is 6.81. The molecule has 0 fully saturated rings. The smallest absolute Gasteiger partial charge is 0.416 e. The van der Waals surface area contributed by atoms with E-state index in [0.29, 0.717) is 0 Å². The average molecular weight is 417 g/mol. The number of nitrogens with zero attached hydrogens (tertiary/aromatic N) is 1. The Morgan fingerprint density at radius 1 is 1.18 bits per heavy atom. The summed E-state index contributed by atoms with van der Waals surface area (Å²) in [4.78, 5) is 34.1. The van der Waals surface area contributed by atoms with Crippen molar-refractivity contribution >= 4 is 34.9 Å². The van der Waals surface area contributed by atoms with Crippen molar-refractivity contribution in [2.45, 2.75) is 19.2 Å². The standard InChI is InChI=1S/C17H12ClF3N2O5/c1-9(15(24)22-11-4-2-10(3-5-11)17(19,20)21)28-16(25)13-7-6-12(23(26)27)8-14(13)18/h2-9H,1H3,(H,22,24). The zero-order chi connectivity index (χ0) is 21.1. The molecule has 1 amide bonds. The van der Waals surface area contributed by atoms with Gasteiger partial charge in [-0.25, -0.2) is 4.79 Å². The third kappa shape index (κ3) is 5.19. The molecule has 0 heterocycles. The summed E-state index contributed by atoms with van der Waals surface area (Å²) in [5.74, 6) is -1.78. The molecule has 28 heavy (non-hydrogen) atoms. The maximum Gasteiger partial charge on any atom is 0.416 e. The number of rotatable bonds is 5. The molecule has 7 nitrogen and oxygen atoms in total. The Bertz CT molecular complexity index is 916. The van der Waals surface area contributed by atoms with Gasteiger partial charge >= 0.3 is 12.1 Å². The van der Waals surface area contributed by atoms with Gasteiger partial charge in [-0.1, -0.05) is 11.6 Å². The highest BCUT2D eigenvalue weighted by molar-refractivity contribution is 6.33. The minimum absolute atomic E-state index is 0.0780. The molecule has 0 spiro atoms. The van der Waals surface area contributed by atoms with E-state index in [1.54, 1.807) is 0 Å². The van der Waals surface area contributed by atoms with Crippen LogP contribution in [0.3, 0.4) is 0 Å². The molecule has 2 rings (SSSR count). The van der Waals surface area contributed by atoms with Crippen molar-refractivity contribution in [1.29, 1.82) is 0 Å². The van der Waals surface area contributed by atoms with Crippen LogP contribution < -0.4 is 5.32 Å². The zero-order valence-electron chi connectivity index (χ0n) is 14.1. The van der Waals surface area contributed by atoms with Crippen LogP contribution in [0.2, 0.25) is 5.02 Å². The highest BCUT2D eigenvalue weighted by Crippen LogP contribution is 2.30. The van der Waals surface area contributed by atoms with Crippen molar-refractivity contribution < 1.29 is 32.4 Å². The van der Waals surface area contributed by atoms with Gasteiger partial charge in [0.1, 0.15) is 0 Å². The van der Waals surface area contributed by atoms with Gasteiger partial charge in [0.05, 0.1) is 21.1 Å². The van der Waals surface area contributed by atoms with E-state index in [1.807, 2.05) is 0 Å². The number of amides is 1. The van der Waals surface area contributed by atoms with Gasteiger partial charge in [0.25, 0.3) is 11.6 Å². The molecule has 0 aliphatic rings. The van der Waals surface area contributed by atoms with Crippen LogP contribution >= 0.6 is 11.6 Å². The third-order valence-corrected chi connectivity index (χ3v) is 3.83. The van der Waals surface area contributed by atoms with Crippen LogP contribution in [0, 0.1) is 10.1 Å². The van der Waals surface area contributed by atoms with E-state index in [4.69, 9.17) is 16.3 Å². The van der Waals surface area contributed by atoms with E-state index >= 15 is 0 Å². The van der Waals surface area contributed by atoms with Crippen molar-refractivity contribution in [3.8, 4) is 0 Å². The van der Waals surface area contributed by atoms with Gasteiger partial charge in [-0.05, 0) is 37.3 Å². The molecule has 1 N–H and O–H groups in total. The number of anilines is 1. The second-order valence-electron chi connectivity index (χ2n) is 5.53. The first kappa shape index (κ1) is 21.2. The summed E-state index contributed by atoms with van der Waals surface area (Å²) in [7, 11) is 0. The van der Waals surface area contributed by atoms with Crippen molar-refractivity contribution in [3.63, 3.8) is 0 Å². The van der Waals surface area contributed by atoms with Crippen LogP contribution in [-0.4, -0.2) is 22.9 Å². The molecule has 2 aromatic carbocycles. The molecule has 0 aliphatic carbocycles. The topological polar surface area (TPSA) is 98.5 Å². The van der Waals surface area contributed by atoms with Gasteiger partial charge in [-0.15, -0.1) is 0 Å². The number of esters is 1. The van der Waals surface area contributed by atoms with Gasteiger partial charge in [0.15, 0.2) is 6.10 Å². The number of nitrogens with one attached hydrogen (secondary N) is 1. The zero-order valence-corrected chi connectivity index (χ0v) is 14.9. The molecular formula is C17H12ClF3N2O5. The number of carbonyl (C=O) groups excluding carboxylic acids is 2. The van der Waals surface area contributed by atoms with Crippen LogP contribution in [0.15, 0.2) is 42.5 Å². The molecule has 0 radical (unpaired) electrons. The summed E-state index contributed by atoms with van der Waals surface area (Å²) in [6.45, 7) is 1.25. The van der Waals surface area contributed by atoms with E-state index in [9.17, 15) is 32.9 Å². The molecule has 0 saturated carbocycles. The lowest BCUT2D eigenvalue weighted by atomic mass is 10.2. The van der Waals surface area contributed by atoms with E-state index < -0.39 is 34.6 Å². The molecule has 0 aliphatic heterocycles.